The number of amides is 2. The third-order valence-electron chi connectivity index (χ3n) is 3.83. The summed E-state index contributed by atoms with van der Waals surface area (Å²) in [6, 6.07) is 9.15. The van der Waals surface area contributed by atoms with Crippen LogP contribution < -0.4 is 5.32 Å². The van der Waals surface area contributed by atoms with Crippen molar-refractivity contribution in [3.63, 3.8) is 0 Å². The summed E-state index contributed by atoms with van der Waals surface area (Å²) in [5, 5.41) is 4.75. The molecular weight excluding hydrogens is 354 g/mol. The van der Waals surface area contributed by atoms with Crippen molar-refractivity contribution in [3.05, 3.63) is 58.0 Å². The van der Waals surface area contributed by atoms with Crippen LogP contribution in [0.25, 0.3) is 11.0 Å². The number of esters is 1. The van der Waals surface area contributed by atoms with Gasteiger partial charge in [-0.2, -0.15) is 0 Å². The second kappa shape index (κ2) is 7.97. The number of thiophene rings is 1. The maximum atomic E-state index is 12.0. The molecule has 0 radical (unpaired) electrons. The Morgan fingerprint density at radius 1 is 1.23 bits per heavy atom. The Morgan fingerprint density at radius 3 is 2.81 bits per heavy atom. The van der Waals surface area contributed by atoms with Gasteiger partial charge in [0.1, 0.15) is 5.58 Å². The van der Waals surface area contributed by atoms with Gasteiger partial charge >= 0.3 is 5.97 Å². The van der Waals surface area contributed by atoms with Gasteiger partial charge in [-0.25, -0.2) is 0 Å². The molecule has 1 aromatic carbocycles. The van der Waals surface area contributed by atoms with Crippen LogP contribution in [-0.4, -0.2) is 24.4 Å². The van der Waals surface area contributed by atoms with Crippen molar-refractivity contribution in [1.29, 1.82) is 0 Å². The summed E-state index contributed by atoms with van der Waals surface area (Å²) in [6.07, 6.45) is 2.41. The van der Waals surface area contributed by atoms with Crippen LogP contribution >= 0.6 is 11.3 Å². The van der Waals surface area contributed by atoms with Gasteiger partial charge in [-0.1, -0.05) is 25.1 Å². The highest BCUT2D eigenvalue weighted by Crippen LogP contribution is 2.23. The van der Waals surface area contributed by atoms with Crippen molar-refractivity contribution < 1.29 is 23.5 Å². The molecule has 0 bridgehead atoms. The van der Waals surface area contributed by atoms with E-state index in [0.29, 0.717) is 16.0 Å². The van der Waals surface area contributed by atoms with E-state index in [-0.39, 0.29) is 6.42 Å². The summed E-state index contributed by atoms with van der Waals surface area (Å²) in [5.41, 5.74) is 2.56. The quantitative estimate of drug-likeness (QED) is 0.673. The Hall–Kier alpha value is -2.93. The second-order valence-electron chi connectivity index (χ2n) is 5.64. The predicted molar refractivity (Wildman–Crippen MR) is 97.0 cm³/mol. The van der Waals surface area contributed by atoms with Crippen LogP contribution in [0.4, 0.5) is 0 Å². The standard InChI is InChI=1S/C19H17NO5S/c1-2-12-5-6-14-13(10-24-15(14)8-12)9-18(22)25-11-17(21)20-19(23)16-4-3-7-26-16/h3-8,10H,2,9,11H2,1H3,(H,20,21,23). The Bertz CT molecular complexity index is 942. The smallest absolute Gasteiger partial charge is 0.310 e. The van der Waals surface area contributed by atoms with Crippen LogP contribution in [0.1, 0.15) is 27.7 Å². The van der Waals surface area contributed by atoms with Gasteiger partial charge in [0, 0.05) is 10.9 Å². The summed E-state index contributed by atoms with van der Waals surface area (Å²) < 4.78 is 10.4. The van der Waals surface area contributed by atoms with Crippen LogP contribution in [0.5, 0.6) is 0 Å². The van der Waals surface area contributed by atoms with Crippen molar-refractivity contribution in [3.8, 4) is 0 Å². The SMILES string of the molecule is CCc1ccc2c(CC(=O)OCC(=O)NC(=O)c3cccs3)coc2c1. The molecule has 3 rings (SSSR count). The number of carbonyl (C=O) groups excluding carboxylic acids is 3. The Labute approximate surface area is 153 Å². The van der Waals surface area contributed by atoms with Crippen molar-refractivity contribution >= 4 is 40.1 Å². The molecule has 0 saturated carbocycles. The second-order valence-corrected chi connectivity index (χ2v) is 6.58. The number of imide groups is 1. The number of hydrogen-bond acceptors (Lipinski definition) is 6. The average molecular weight is 371 g/mol. The van der Waals surface area contributed by atoms with Gasteiger partial charge in [-0.15, -0.1) is 11.3 Å². The highest BCUT2D eigenvalue weighted by molar-refractivity contribution is 7.12. The van der Waals surface area contributed by atoms with Gasteiger partial charge in [-0.3, -0.25) is 19.7 Å². The zero-order valence-electron chi connectivity index (χ0n) is 14.1. The Balaban J connectivity index is 1.53. The molecule has 0 aliphatic rings. The monoisotopic (exact) mass is 371 g/mol. The van der Waals surface area contributed by atoms with E-state index in [4.69, 9.17) is 9.15 Å². The molecule has 0 atom stereocenters. The normalized spacial score (nSPS) is 10.7. The average Bonchev–Trinajstić information content (AvgIpc) is 3.30. The number of carbonyl (C=O) groups is 3. The van der Waals surface area contributed by atoms with E-state index in [1.165, 1.54) is 17.6 Å². The minimum absolute atomic E-state index is 0.00930. The topological polar surface area (TPSA) is 85.6 Å². The minimum Gasteiger partial charge on any atom is -0.464 e. The molecule has 0 unspecified atom stereocenters. The zero-order valence-corrected chi connectivity index (χ0v) is 14.9. The fourth-order valence-corrected chi connectivity index (χ4v) is 3.09. The highest BCUT2D eigenvalue weighted by Gasteiger charge is 2.15. The molecule has 2 amide bonds. The van der Waals surface area contributed by atoms with Crippen LogP contribution in [0.2, 0.25) is 0 Å². The van der Waals surface area contributed by atoms with Crippen LogP contribution in [-0.2, 0) is 27.2 Å². The van der Waals surface area contributed by atoms with Crippen molar-refractivity contribution in [1.82, 2.24) is 5.32 Å². The van der Waals surface area contributed by atoms with Crippen LogP contribution in [0.3, 0.4) is 0 Å². The van der Waals surface area contributed by atoms with Crippen LogP contribution in [0.15, 0.2) is 46.4 Å². The lowest BCUT2D eigenvalue weighted by Crippen LogP contribution is -2.33. The summed E-state index contributed by atoms with van der Waals surface area (Å²) in [6.45, 7) is 1.54. The summed E-state index contributed by atoms with van der Waals surface area (Å²) in [4.78, 5) is 35.8. The molecule has 6 nitrogen and oxygen atoms in total. The number of rotatable bonds is 6. The van der Waals surface area contributed by atoms with Gasteiger partial charge in [0.05, 0.1) is 17.6 Å². The number of hydrogen-bond donors (Lipinski definition) is 1. The molecule has 0 fully saturated rings. The first-order chi connectivity index (χ1) is 12.6. The van der Waals surface area contributed by atoms with Gasteiger partial charge in [-0.05, 0) is 29.5 Å². The van der Waals surface area contributed by atoms with Gasteiger partial charge in [0.15, 0.2) is 6.61 Å². The molecule has 0 aliphatic carbocycles. The van der Waals surface area contributed by atoms with Crippen molar-refractivity contribution in [2.24, 2.45) is 0 Å². The van der Waals surface area contributed by atoms with E-state index in [1.807, 2.05) is 18.2 Å². The summed E-state index contributed by atoms with van der Waals surface area (Å²) in [5.74, 6) is -1.74. The first-order valence-electron chi connectivity index (χ1n) is 8.09. The van der Waals surface area contributed by atoms with Crippen molar-refractivity contribution in [2.45, 2.75) is 19.8 Å². The fraction of sp³-hybridized carbons (Fsp3) is 0.211. The van der Waals surface area contributed by atoms with Gasteiger partial charge < -0.3 is 9.15 Å². The lowest BCUT2D eigenvalue weighted by atomic mass is 10.1. The van der Waals surface area contributed by atoms with E-state index in [9.17, 15) is 14.4 Å². The van der Waals surface area contributed by atoms with E-state index < -0.39 is 24.4 Å². The van der Waals surface area contributed by atoms with E-state index in [1.54, 1.807) is 17.5 Å². The third-order valence-corrected chi connectivity index (χ3v) is 4.69. The lowest BCUT2D eigenvalue weighted by molar-refractivity contribution is -0.147. The molecule has 3 aromatic rings. The summed E-state index contributed by atoms with van der Waals surface area (Å²) >= 11 is 1.22. The number of benzene rings is 1. The molecule has 0 aliphatic heterocycles. The molecule has 7 heteroatoms. The Kier molecular flexibility index (Phi) is 5.48. The molecule has 2 aromatic heterocycles. The predicted octanol–water partition coefficient (Wildman–Crippen LogP) is 3.10. The molecule has 0 saturated heterocycles. The van der Waals surface area contributed by atoms with Gasteiger partial charge in [0.2, 0.25) is 0 Å². The molecule has 1 N–H and O–H groups in total. The third kappa shape index (κ3) is 4.18. The molecule has 0 spiro atoms. The molecule has 134 valence electrons. The maximum absolute atomic E-state index is 12.0. The van der Waals surface area contributed by atoms with Gasteiger partial charge in [0.25, 0.3) is 11.8 Å². The molecular formula is C19H17NO5S. The number of fused-ring (bicyclic) bond motifs is 1. The Morgan fingerprint density at radius 2 is 2.08 bits per heavy atom. The highest BCUT2D eigenvalue weighted by atomic mass is 32.1. The van der Waals surface area contributed by atoms with E-state index in [0.717, 1.165) is 17.4 Å². The number of aryl methyl sites for hydroxylation is 1. The minimum atomic E-state index is -0.665. The van der Waals surface area contributed by atoms with Crippen molar-refractivity contribution in [2.75, 3.05) is 6.61 Å². The number of nitrogens with one attached hydrogen (secondary N) is 1. The van der Waals surface area contributed by atoms with E-state index >= 15 is 0 Å². The largest absolute Gasteiger partial charge is 0.464 e. The maximum Gasteiger partial charge on any atom is 0.310 e. The fourth-order valence-electron chi connectivity index (χ4n) is 2.47. The summed E-state index contributed by atoms with van der Waals surface area (Å²) in [7, 11) is 0. The number of furan rings is 1. The molecule has 2 heterocycles. The zero-order chi connectivity index (χ0) is 18.5. The van der Waals surface area contributed by atoms with Crippen LogP contribution in [0, 0.1) is 0 Å². The first kappa shape index (κ1) is 17.9. The molecule has 26 heavy (non-hydrogen) atoms. The van der Waals surface area contributed by atoms with E-state index in [2.05, 4.69) is 12.2 Å². The first-order valence-corrected chi connectivity index (χ1v) is 8.97. The lowest BCUT2D eigenvalue weighted by Gasteiger charge is -2.05. The number of ether oxygens (including phenoxy) is 1.